The van der Waals surface area contributed by atoms with E-state index in [1.165, 1.54) is 0 Å². The molecular weight excluding hydrogens is 326 g/mol. The zero-order chi connectivity index (χ0) is 18.4. The maximum Gasteiger partial charge on any atom is 0.325 e. The third kappa shape index (κ3) is 4.93. The summed E-state index contributed by atoms with van der Waals surface area (Å²) in [7, 11) is 1.56. The second-order valence-electron chi connectivity index (χ2n) is 5.96. The molecule has 2 rings (SSSR count). The van der Waals surface area contributed by atoms with Gasteiger partial charge in [0.15, 0.2) is 0 Å². The van der Waals surface area contributed by atoms with E-state index in [2.05, 4.69) is 10.6 Å². The predicted molar refractivity (Wildman–Crippen MR) is 89.8 cm³/mol. The number of urea groups is 1. The smallest absolute Gasteiger partial charge is 0.325 e. The number of aliphatic hydroxyl groups is 1. The highest BCUT2D eigenvalue weighted by Crippen LogP contribution is 2.17. The molecule has 1 heterocycles. The quantitative estimate of drug-likeness (QED) is 0.589. The Hall–Kier alpha value is -2.61. The molecule has 1 aromatic carbocycles. The van der Waals surface area contributed by atoms with Gasteiger partial charge in [0.2, 0.25) is 5.91 Å². The molecule has 0 spiro atoms. The van der Waals surface area contributed by atoms with E-state index in [1.54, 1.807) is 38.3 Å². The highest BCUT2D eigenvalue weighted by Gasteiger charge is 2.37. The van der Waals surface area contributed by atoms with E-state index in [1.807, 2.05) is 0 Å². The van der Waals surface area contributed by atoms with Gasteiger partial charge in [-0.25, -0.2) is 4.79 Å². The van der Waals surface area contributed by atoms with Crippen molar-refractivity contribution < 1.29 is 24.2 Å². The van der Waals surface area contributed by atoms with E-state index in [9.17, 15) is 14.4 Å². The van der Waals surface area contributed by atoms with Gasteiger partial charge in [0.1, 0.15) is 11.8 Å². The van der Waals surface area contributed by atoms with E-state index in [0.717, 1.165) is 10.5 Å². The number of aliphatic hydroxyl groups excluding tert-OH is 1. The van der Waals surface area contributed by atoms with Crippen LogP contribution in [0, 0.1) is 0 Å². The molecular formula is C17H23N3O5. The van der Waals surface area contributed by atoms with Gasteiger partial charge >= 0.3 is 6.03 Å². The zero-order valence-electron chi connectivity index (χ0n) is 14.3. The van der Waals surface area contributed by atoms with E-state index in [4.69, 9.17) is 9.84 Å². The van der Waals surface area contributed by atoms with Gasteiger partial charge in [0.05, 0.1) is 20.3 Å². The molecule has 136 valence electrons. The molecule has 2 atom stereocenters. The standard InChI is InChI=1S/C17H23N3O5/c1-11(10-21)18-15(22)8-7-14-16(23)20(17(24)19-14)9-12-3-5-13(25-2)6-4-12/h3-6,11,14,21H,7-10H2,1-2H3,(H,18,22)(H,19,24)/t11-,14?/m0/s1. The van der Waals surface area contributed by atoms with Gasteiger partial charge in [-0.15, -0.1) is 0 Å². The number of carbonyl (C=O) groups is 3. The van der Waals surface area contributed by atoms with Gasteiger partial charge in [-0.3, -0.25) is 14.5 Å². The second kappa shape index (κ2) is 8.48. The number of hydrogen-bond acceptors (Lipinski definition) is 5. The summed E-state index contributed by atoms with van der Waals surface area (Å²) >= 11 is 0. The number of rotatable bonds is 8. The van der Waals surface area contributed by atoms with Crippen molar-refractivity contribution in [2.24, 2.45) is 0 Å². The normalized spacial score (nSPS) is 18.0. The molecule has 1 aliphatic rings. The first kappa shape index (κ1) is 18.7. The summed E-state index contributed by atoms with van der Waals surface area (Å²) in [6, 6.07) is 5.59. The van der Waals surface area contributed by atoms with Crippen molar-refractivity contribution in [2.75, 3.05) is 13.7 Å². The fourth-order valence-corrected chi connectivity index (χ4v) is 2.50. The van der Waals surface area contributed by atoms with Gasteiger partial charge in [0.25, 0.3) is 5.91 Å². The molecule has 0 bridgehead atoms. The van der Waals surface area contributed by atoms with Gasteiger partial charge in [0, 0.05) is 12.5 Å². The summed E-state index contributed by atoms with van der Waals surface area (Å²) < 4.78 is 5.07. The van der Waals surface area contributed by atoms with E-state index in [0.29, 0.717) is 5.75 Å². The Morgan fingerprint density at radius 3 is 2.64 bits per heavy atom. The van der Waals surface area contributed by atoms with E-state index < -0.39 is 12.1 Å². The van der Waals surface area contributed by atoms with Crippen LogP contribution >= 0.6 is 0 Å². The van der Waals surface area contributed by atoms with Crippen LogP contribution in [0.4, 0.5) is 4.79 Å². The Bertz CT molecular complexity index is 632. The van der Waals surface area contributed by atoms with Crippen LogP contribution in [0.15, 0.2) is 24.3 Å². The molecule has 1 unspecified atom stereocenters. The first-order valence-corrected chi connectivity index (χ1v) is 8.09. The minimum absolute atomic E-state index is 0.0946. The fraction of sp³-hybridized carbons (Fsp3) is 0.471. The maximum absolute atomic E-state index is 12.4. The van der Waals surface area contributed by atoms with Crippen LogP contribution < -0.4 is 15.4 Å². The van der Waals surface area contributed by atoms with Gasteiger partial charge < -0.3 is 20.5 Å². The lowest BCUT2D eigenvalue weighted by atomic mass is 10.1. The van der Waals surface area contributed by atoms with Gasteiger partial charge in [-0.05, 0) is 31.0 Å². The fourth-order valence-electron chi connectivity index (χ4n) is 2.50. The Morgan fingerprint density at radius 2 is 2.04 bits per heavy atom. The van der Waals surface area contributed by atoms with Crippen LogP contribution in [0.2, 0.25) is 0 Å². The molecule has 3 N–H and O–H groups in total. The molecule has 1 aromatic rings. The van der Waals surface area contributed by atoms with Crippen molar-refractivity contribution >= 4 is 17.8 Å². The van der Waals surface area contributed by atoms with Crippen molar-refractivity contribution in [1.29, 1.82) is 0 Å². The number of nitrogens with zero attached hydrogens (tertiary/aromatic N) is 1. The van der Waals surface area contributed by atoms with Crippen LogP contribution in [0.3, 0.4) is 0 Å². The molecule has 1 saturated heterocycles. The average molecular weight is 349 g/mol. The van der Waals surface area contributed by atoms with Crippen molar-refractivity contribution in [3.05, 3.63) is 29.8 Å². The number of nitrogens with one attached hydrogen (secondary N) is 2. The first-order valence-electron chi connectivity index (χ1n) is 8.09. The minimum Gasteiger partial charge on any atom is -0.497 e. The first-order chi connectivity index (χ1) is 11.9. The minimum atomic E-state index is -0.707. The third-order valence-electron chi connectivity index (χ3n) is 3.95. The summed E-state index contributed by atoms with van der Waals surface area (Å²) in [5.74, 6) is 0.0861. The highest BCUT2D eigenvalue weighted by atomic mass is 16.5. The third-order valence-corrected chi connectivity index (χ3v) is 3.95. The molecule has 1 fully saturated rings. The molecule has 1 aliphatic heterocycles. The molecule has 0 radical (unpaired) electrons. The van der Waals surface area contributed by atoms with Crippen molar-refractivity contribution in [3.63, 3.8) is 0 Å². The number of hydrogen-bond donors (Lipinski definition) is 3. The number of benzene rings is 1. The maximum atomic E-state index is 12.4. The number of methoxy groups -OCH3 is 1. The van der Waals surface area contributed by atoms with Crippen molar-refractivity contribution in [2.45, 2.75) is 38.4 Å². The van der Waals surface area contributed by atoms with E-state index in [-0.39, 0.29) is 43.8 Å². The monoisotopic (exact) mass is 349 g/mol. The van der Waals surface area contributed by atoms with Crippen LogP contribution in [0.1, 0.15) is 25.3 Å². The topological polar surface area (TPSA) is 108 Å². The number of ether oxygens (including phenoxy) is 1. The lowest BCUT2D eigenvalue weighted by molar-refractivity contribution is -0.128. The molecule has 8 nitrogen and oxygen atoms in total. The molecule has 0 aromatic heterocycles. The summed E-state index contributed by atoms with van der Waals surface area (Å²) in [4.78, 5) is 37.3. The Balaban J connectivity index is 1.89. The Kier molecular flexibility index (Phi) is 6.35. The largest absolute Gasteiger partial charge is 0.497 e. The molecule has 25 heavy (non-hydrogen) atoms. The number of amides is 4. The van der Waals surface area contributed by atoms with Gasteiger partial charge in [-0.1, -0.05) is 12.1 Å². The molecule has 4 amide bonds. The molecule has 0 aliphatic carbocycles. The summed E-state index contributed by atoms with van der Waals surface area (Å²) in [6.45, 7) is 1.69. The average Bonchev–Trinajstić information content (AvgIpc) is 2.88. The van der Waals surface area contributed by atoms with Crippen LogP contribution in [0.5, 0.6) is 5.75 Å². The van der Waals surface area contributed by atoms with Crippen molar-refractivity contribution in [1.82, 2.24) is 15.5 Å². The predicted octanol–water partition coefficient (Wildman–Crippen LogP) is 0.393. The van der Waals surface area contributed by atoms with E-state index >= 15 is 0 Å². The highest BCUT2D eigenvalue weighted by molar-refractivity contribution is 6.04. The summed E-state index contributed by atoms with van der Waals surface area (Å²) in [5, 5.41) is 14.1. The number of carbonyl (C=O) groups excluding carboxylic acids is 3. The SMILES string of the molecule is COc1ccc(CN2C(=O)NC(CCC(=O)N[C@@H](C)CO)C2=O)cc1. The zero-order valence-corrected chi connectivity index (χ0v) is 14.3. The molecule has 0 saturated carbocycles. The van der Waals surface area contributed by atoms with Crippen LogP contribution in [-0.2, 0) is 16.1 Å². The lowest BCUT2D eigenvalue weighted by Gasteiger charge is -2.14. The Labute approximate surface area is 146 Å². The summed E-state index contributed by atoms with van der Waals surface area (Å²) in [5.41, 5.74) is 0.805. The second-order valence-corrected chi connectivity index (χ2v) is 5.96. The summed E-state index contributed by atoms with van der Waals surface area (Å²) in [6.07, 6.45) is 0.311. The van der Waals surface area contributed by atoms with Crippen molar-refractivity contribution in [3.8, 4) is 5.75 Å². The van der Waals surface area contributed by atoms with Crippen LogP contribution in [0.25, 0.3) is 0 Å². The lowest BCUT2D eigenvalue weighted by Crippen LogP contribution is -2.37. The Morgan fingerprint density at radius 1 is 1.36 bits per heavy atom. The number of imide groups is 1. The van der Waals surface area contributed by atoms with Gasteiger partial charge in [-0.2, -0.15) is 0 Å². The van der Waals surface area contributed by atoms with Crippen LogP contribution in [-0.4, -0.2) is 53.7 Å². The molecule has 8 heteroatoms.